The molecule has 2 rings (SSSR count). The molecule has 0 spiro atoms. The van der Waals surface area contributed by atoms with Crippen LogP contribution in [0.1, 0.15) is 32.6 Å². The minimum Gasteiger partial charge on any atom is -0.103 e. The monoisotopic (exact) mass is 176 g/mol. The van der Waals surface area contributed by atoms with E-state index in [0.717, 1.165) is 23.7 Å². The zero-order valence-corrected chi connectivity index (χ0v) is 8.58. The maximum absolute atomic E-state index is 3.81. The van der Waals surface area contributed by atoms with Crippen molar-refractivity contribution < 1.29 is 0 Å². The first-order valence-corrected chi connectivity index (χ1v) is 5.60. The zero-order valence-electron chi connectivity index (χ0n) is 8.58. The van der Waals surface area contributed by atoms with Crippen LogP contribution in [0.15, 0.2) is 24.8 Å². The lowest BCUT2D eigenvalue weighted by atomic mass is 9.88. The number of rotatable bonds is 3. The molecular weight excluding hydrogens is 156 g/mol. The molecule has 0 bridgehead atoms. The second kappa shape index (κ2) is 3.69. The van der Waals surface area contributed by atoms with Crippen molar-refractivity contribution >= 4 is 0 Å². The van der Waals surface area contributed by atoms with E-state index in [4.69, 9.17) is 0 Å². The van der Waals surface area contributed by atoms with Crippen LogP contribution in [-0.4, -0.2) is 0 Å². The summed E-state index contributed by atoms with van der Waals surface area (Å²) in [5, 5.41) is 0. The third kappa shape index (κ3) is 1.59. The number of fused-ring (bicyclic) bond motifs is 1. The van der Waals surface area contributed by atoms with E-state index >= 15 is 0 Å². The molecule has 0 saturated heterocycles. The predicted molar refractivity (Wildman–Crippen MR) is 57.4 cm³/mol. The molecule has 0 aromatic carbocycles. The van der Waals surface area contributed by atoms with Gasteiger partial charge in [0.1, 0.15) is 0 Å². The second-order valence-corrected chi connectivity index (χ2v) is 4.74. The Balaban J connectivity index is 1.97. The van der Waals surface area contributed by atoms with Gasteiger partial charge in [-0.3, -0.25) is 0 Å². The summed E-state index contributed by atoms with van der Waals surface area (Å²) in [5.74, 6) is 3.80. The SMILES string of the molecule is C=CCCC1CC(C)C2CC=CC12. The summed E-state index contributed by atoms with van der Waals surface area (Å²) in [6.45, 7) is 6.24. The third-order valence-corrected chi connectivity index (χ3v) is 3.95. The lowest BCUT2D eigenvalue weighted by Crippen LogP contribution is -2.09. The van der Waals surface area contributed by atoms with Gasteiger partial charge in [-0.1, -0.05) is 25.2 Å². The van der Waals surface area contributed by atoms with Gasteiger partial charge >= 0.3 is 0 Å². The molecule has 1 saturated carbocycles. The van der Waals surface area contributed by atoms with Crippen molar-refractivity contribution in [2.75, 3.05) is 0 Å². The van der Waals surface area contributed by atoms with Gasteiger partial charge in [-0.2, -0.15) is 0 Å². The molecule has 2 aliphatic carbocycles. The summed E-state index contributed by atoms with van der Waals surface area (Å²) in [4.78, 5) is 0. The highest BCUT2D eigenvalue weighted by molar-refractivity contribution is 5.08. The molecule has 0 nitrogen and oxygen atoms in total. The highest BCUT2D eigenvalue weighted by Crippen LogP contribution is 2.48. The molecule has 0 heterocycles. The quantitative estimate of drug-likeness (QED) is 0.574. The Morgan fingerprint density at radius 1 is 1.54 bits per heavy atom. The molecule has 0 N–H and O–H groups in total. The predicted octanol–water partition coefficient (Wildman–Crippen LogP) is 3.80. The van der Waals surface area contributed by atoms with Gasteiger partial charge in [0.25, 0.3) is 0 Å². The molecule has 0 aromatic heterocycles. The van der Waals surface area contributed by atoms with E-state index in [0.29, 0.717) is 0 Å². The highest BCUT2D eigenvalue weighted by atomic mass is 14.4. The second-order valence-electron chi connectivity index (χ2n) is 4.74. The van der Waals surface area contributed by atoms with Crippen LogP contribution in [0.5, 0.6) is 0 Å². The summed E-state index contributed by atoms with van der Waals surface area (Å²) < 4.78 is 0. The molecule has 0 amide bonds. The van der Waals surface area contributed by atoms with E-state index in [-0.39, 0.29) is 0 Å². The summed E-state index contributed by atoms with van der Waals surface area (Å²) in [6, 6.07) is 0. The highest BCUT2D eigenvalue weighted by Gasteiger charge is 2.40. The first kappa shape index (κ1) is 9.05. The first-order valence-electron chi connectivity index (χ1n) is 5.60. The van der Waals surface area contributed by atoms with Crippen molar-refractivity contribution in [3.05, 3.63) is 24.8 Å². The van der Waals surface area contributed by atoms with E-state index in [9.17, 15) is 0 Å². The third-order valence-electron chi connectivity index (χ3n) is 3.95. The van der Waals surface area contributed by atoms with Crippen molar-refractivity contribution in [3.63, 3.8) is 0 Å². The normalized spacial score (nSPS) is 42.2. The Hall–Kier alpha value is -0.520. The minimum atomic E-state index is 0.912. The summed E-state index contributed by atoms with van der Waals surface area (Å²) >= 11 is 0. The van der Waals surface area contributed by atoms with Crippen molar-refractivity contribution in [2.24, 2.45) is 23.7 Å². The van der Waals surface area contributed by atoms with Crippen LogP contribution in [0.3, 0.4) is 0 Å². The molecule has 72 valence electrons. The van der Waals surface area contributed by atoms with Crippen LogP contribution < -0.4 is 0 Å². The molecule has 2 aliphatic rings. The number of allylic oxidation sites excluding steroid dienone is 3. The van der Waals surface area contributed by atoms with Crippen LogP contribution >= 0.6 is 0 Å². The average molecular weight is 176 g/mol. The topological polar surface area (TPSA) is 0 Å². The lowest BCUT2D eigenvalue weighted by Gasteiger charge is -2.16. The van der Waals surface area contributed by atoms with Gasteiger partial charge in [-0.25, -0.2) is 0 Å². The first-order chi connectivity index (χ1) is 6.33. The van der Waals surface area contributed by atoms with Crippen molar-refractivity contribution in [1.29, 1.82) is 0 Å². The Morgan fingerprint density at radius 2 is 2.38 bits per heavy atom. The minimum absolute atomic E-state index is 0.912. The fraction of sp³-hybridized carbons (Fsp3) is 0.692. The number of hydrogen-bond acceptors (Lipinski definition) is 0. The van der Waals surface area contributed by atoms with Gasteiger partial charge in [-0.05, 0) is 49.4 Å². The van der Waals surface area contributed by atoms with E-state index in [1.54, 1.807) is 0 Å². The standard InChI is InChI=1S/C13H20/c1-3-4-6-11-9-10(2)12-7-5-8-13(11)12/h3,5,8,10-13H,1,4,6-7,9H2,2H3. The van der Waals surface area contributed by atoms with Gasteiger partial charge in [-0.15, -0.1) is 6.58 Å². The van der Waals surface area contributed by atoms with Crippen LogP contribution in [0.25, 0.3) is 0 Å². The molecular formula is C13H20. The lowest BCUT2D eigenvalue weighted by molar-refractivity contribution is 0.366. The van der Waals surface area contributed by atoms with Gasteiger partial charge in [0.05, 0.1) is 0 Å². The van der Waals surface area contributed by atoms with Gasteiger partial charge in [0, 0.05) is 0 Å². The van der Waals surface area contributed by atoms with E-state index in [2.05, 4.69) is 31.7 Å². The number of hydrogen-bond donors (Lipinski definition) is 0. The zero-order chi connectivity index (χ0) is 9.26. The largest absolute Gasteiger partial charge is 0.103 e. The van der Waals surface area contributed by atoms with Crippen molar-refractivity contribution in [1.82, 2.24) is 0 Å². The van der Waals surface area contributed by atoms with Gasteiger partial charge in [0.15, 0.2) is 0 Å². The Bertz CT molecular complexity index is 214. The van der Waals surface area contributed by atoms with Gasteiger partial charge in [0.2, 0.25) is 0 Å². The fourth-order valence-electron chi connectivity index (χ4n) is 3.26. The van der Waals surface area contributed by atoms with Crippen molar-refractivity contribution in [2.45, 2.75) is 32.6 Å². The van der Waals surface area contributed by atoms with E-state index < -0.39 is 0 Å². The molecule has 0 aromatic rings. The summed E-state index contributed by atoms with van der Waals surface area (Å²) in [6.07, 6.45) is 12.3. The fourth-order valence-corrected chi connectivity index (χ4v) is 3.26. The Labute approximate surface area is 81.7 Å². The van der Waals surface area contributed by atoms with E-state index in [1.807, 2.05) is 0 Å². The average Bonchev–Trinajstić information content (AvgIpc) is 2.67. The molecule has 1 fully saturated rings. The van der Waals surface area contributed by atoms with E-state index in [1.165, 1.54) is 25.7 Å². The summed E-state index contributed by atoms with van der Waals surface area (Å²) in [5.41, 5.74) is 0. The smallest absolute Gasteiger partial charge is 0.0171 e. The summed E-state index contributed by atoms with van der Waals surface area (Å²) in [7, 11) is 0. The maximum atomic E-state index is 3.81. The maximum Gasteiger partial charge on any atom is -0.0171 e. The molecule has 0 aliphatic heterocycles. The molecule has 4 atom stereocenters. The van der Waals surface area contributed by atoms with Crippen LogP contribution in [-0.2, 0) is 0 Å². The van der Waals surface area contributed by atoms with Crippen LogP contribution in [0, 0.1) is 23.7 Å². The van der Waals surface area contributed by atoms with Crippen molar-refractivity contribution in [3.8, 4) is 0 Å². The molecule has 4 unspecified atom stereocenters. The molecule has 0 radical (unpaired) electrons. The van der Waals surface area contributed by atoms with Crippen LogP contribution in [0.4, 0.5) is 0 Å². The Kier molecular flexibility index (Phi) is 2.57. The van der Waals surface area contributed by atoms with Crippen LogP contribution in [0.2, 0.25) is 0 Å². The Morgan fingerprint density at radius 3 is 3.15 bits per heavy atom. The van der Waals surface area contributed by atoms with Gasteiger partial charge < -0.3 is 0 Å². The molecule has 0 heteroatoms. The molecule has 13 heavy (non-hydrogen) atoms.